The van der Waals surface area contributed by atoms with Crippen LogP contribution in [-0.4, -0.2) is 18.8 Å². The predicted molar refractivity (Wildman–Crippen MR) is 129 cm³/mol. The van der Waals surface area contributed by atoms with E-state index in [9.17, 15) is 9.59 Å². The summed E-state index contributed by atoms with van der Waals surface area (Å²) in [7, 11) is 1.65. The van der Waals surface area contributed by atoms with E-state index in [1.165, 1.54) is 0 Å². The van der Waals surface area contributed by atoms with E-state index in [1.807, 2.05) is 78.9 Å². The van der Waals surface area contributed by atoms with Gasteiger partial charge in [0.1, 0.15) is 5.75 Å². The lowest BCUT2D eigenvalue weighted by Crippen LogP contribution is -2.37. The maximum Gasteiger partial charge on any atom is 0.224 e. The number of para-hydroxylation sites is 2. The largest absolute Gasteiger partial charge is 0.497 e. The van der Waals surface area contributed by atoms with Crippen molar-refractivity contribution in [2.75, 3.05) is 17.3 Å². The third-order valence-corrected chi connectivity index (χ3v) is 6.53. The van der Waals surface area contributed by atoms with Crippen LogP contribution in [0.5, 0.6) is 5.75 Å². The van der Waals surface area contributed by atoms with Crippen molar-refractivity contribution in [2.45, 2.75) is 31.7 Å². The molecule has 0 spiro atoms. The molecule has 5 rings (SSSR count). The van der Waals surface area contributed by atoms with Crippen molar-refractivity contribution in [1.29, 1.82) is 0 Å². The number of Topliss-reactive ketones (excluding diaryl/α,β-unsaturated/α-hetero) is 1. The number of nitrogens with zero attached hydrogens (tertiary/aromatic N) is 1. The second-order valence-electron chi connectivity index (χ2n) is 8.54. The highest BCUT2D eigenvalue weighted by molar-refractivity contribution is 6.05. The fourth-order valence-corrected chi connectivity index (χ4v) is 5.00. The van der Waals surface area contributed by atoms with Crippen LogP contribution in [0.4, 0.5) is 11.4 Å². The van der Waals surface area contributed by atoms with Gasteiger partial charge < -0.3 is 10.1 Å². The molecular weight excluding hydrogens is 412 g/mol. The zero-order chi connectivity index (χ0) is 22.9. The number of anilines is 2. The fraction of sp³-hybridized carbons (Fsp3) is 0.214. The van der Waals surface area contributed by atoms with Gasteiger partial charge in [0, 0.05) is 24.6 Å². The van der Waals surface area contributed by atoms with Gasteiger partial charge in [-0.25, -0.2) is 0 Å². The van der Waals surface area contributed by atoms with E-state index in [1.54, 1.807) is 18.9 Å². The van der Waals surface area contributed by atoms with Crippen LogP contribution in [0.3, 0.4) is 0 Å². The molecule has 3 aromatic carbocycles. The predicted octanol–water partition coefficient (Wildman–Crippen LogP) is 5.62. The summed E-state index contributed by atoms with van der Waals surface area (Å²) in [6.07, 6.45) is 1.09. The number of carbonyl (C=O) groups excluding carboxylic acids is 2. The van der Waals surface area contributed by atoms with Gasteiger partial charge in [-0.2, -0.15) is 0 Å². The molecule has 1 amide bonds. The molecule has 0 radical (unpaired) electrons. The molecule has 5 nitrogen and oxygen atoms in total. The highest BCUT2D eigenvalue weighted by Gasteiger charge is 2.40. The maximum atomic E-state index is 13.7. The summed E-state index contributed by atoms with van der Waals surface area (Å²) in [5.74, 6) is 0.820. The first kappa shape index (κ1) is 21.0. The number of rotatable bonds is 3. The zero-order valence-electron chi connectivity index (χ0n) is 18.7. The number of carbonyl (C=O) groups is 2. The molecule has 0 bridgehead atoms. The van der Waals surface area contributed by atoms with Gasteiger partial charge in [-0.05, 0) is 47.7 Å². The van der Waals surface area contributed by atoms with Crippen molar-refractivity contribution in [3.8, 4) is 5.75 Å². The molecule has 1 aliphatic carbocycles. The first-order valence-corrected chi connectivity index (χ1v) is 11.2. The Hall–Kier alpha value is -3.86. The Kier molecular flexibility index (Phi) is 5.47. The Balaban J connectivity index is 1.66. The molecular formula is C28H26N2O3. The van der Waals surface area contributed by atoms with Gasteiger partial charge in [0.05, 0.1) is 24.5 Å². The number of hydrogen-bond acceptors (Lipinski definition) is 4. The number of fused-ring (bicyclic) bond motifs is 1. The summed E-state index contributed by atoms with van der Waals surface area (Å²) in [6.45, 7) is 1.56. The molecule has 3 aromatic rings. The van der Waals surface area contributed by atoms with Crippen LogP contribution < -0.4 is 15.0 Å². The van der Waals surface area contributed by atoms with Crippen molar-refractivity contribution in [3.05, 3.63) is 101 Å². The van der Waals surface area contributed by atoms with Crippen LogP contribution >= 0.6 is 0 Å². The molecule has 0 saturated heterocycles. The average Bonchev–Trinajstić information content (AvgIpc) is 2.99. The second kappa shape index (κ2) is 8.58. The molecule has 0 aromatic heterocycles. The Morgan fingerprint density at radius 1 is 0.909 bits per heavy atom. The van der Waals surface area contributed by atoms with Gasteiger partial charge in [-0.3, -0.25) is 14.5 Å². The summed E-state index contributed by atoms with van der Waals surface area (Å²) in [5.41, 5.74) is 5.21. The van der Waals surface area contributed by atoms with Crippen LogP contribution in [0.15, 0.2) is 90.1 Å². The van der Waals surface area contributed by atoms with Gasteiger partial charge in [0.25, 0.3) is 0 Å². The highest BCUT2D eigenvalue weighted by Crippen LogP contribution is 2.47. The topological polar surface area (TPSA) is 58.6 Å². The Morgan fingerprint density at radius 2 is 1.61 bits per heavy atom. The van der Waals surface area contributed by atoms with Gasteiger partial charge in [0.15, 0.2) is 5.78 Å². The summed E-state index contributed by atoms with van der Waals surface area (Å²) < 4.78 is 5.29. The molecule has 2 aliphatic rings. The summed E-state index contributed by atoms with van der Waals surface area (Å²) in [4.78, 5) is 28.5. The lowest BCUT2D eigenvalue weighted by molar-refractivity contribution is -0.117. The van der Waals surface area contributed by atoms with Crippen LogP contribution in [0.2, 0.25) is 0 Å². The van der Waals surface area contributed by atoms with E-state index in [-0.39, 0.29) is 17.6 Å². The number of allylic oxidation sites excluding steroid dienone is 1. The van der Waals surface area contributed by atoms with E-state index in [4.69, 9.17) is 4.74 Å². The van der Waals surface area contributed by atoms with Crippen molar-refractivity contribution < 1.29 is 14.3 Å². The van der Waals surface area contributed by atoms with Gasteiger partial charge in [0.2, 0.25) is 5.91 Å². The number of ether oxygens (including phenoxy) is 1. The van der Waals surface area contributed by atoms with E-state index in [2.05, 4.69) is 5.32 Å². The smallest absolute Gasteiger partial charge is 0.224 e. The minimum Gasteiger partial charge on any atom is -0.497 e. The molecule has 1 heterocycles. The SMILES string of the molecule is COc1ccc(C2CC(=O)C3=C(C2)Nc2ccccc2N(C(C)=O)C3c2ccccc2)cc1. The molecule has 5 heteroatoms. The second-order valence-corrected chi connectivity index (χ2v) is 8.54. The van der Waals surface area contributed by atoms with Gasteiger partial charge >= 0.3 is 0 Å². The molecule has 2 unspecified atom stereocenters. The van der Waals surface area contributed by atoms with Crippen molar-refractivity contribution in [3.63, 3.8) is 0 Å². The van der Waals surface area contributed by atoms with Crippen molar-refractivity contribution in [2.24, 2.45) is 0 Å². The Morgan fingerprint density at radius 3 is 2.30 bits per heavy atom. The lowest BCUT2D eigenvalue weighted by atomic mass is 9.78. The number of benzene rings is 3. The molecule has 1 N–H and O–H groups in total. The van der Waals surface area contributed by atoms with Crippen LogP contribution in [0, 0.1) is 0 Å². The number of amides is 1. The van der Waals surface area contributed by atoms with E-state index in [0.29, 0.717) is 18.4 Å². The van der Waals surface area contributed by atoms with Gasteiger partial charge in [-0.1, -0.05) is 54.6 Å². The average molecular weight is 439 g/mol. The molecule has 0 fully saturated rings. The number of ketones is 1. The first-order valence-electron chi connectivity index (χ1n) is 11.2. The normalized spacial score (nSPS) is 19.8. The molecule has 33 heavy (non-hydrogen) atoms. The Labute approximate surface area is 193 Å². The lowest BCUT2D eigenvalue weighted by Gasteiger charge is -2.34. The number of methoxy groups -OCH3 is 1. The highest BCUT2D eigenvalue weighted by atomic mass is 16.5. The summed E-state index contributed by atoms with van der Waals surface area (Å²) in [5, 5.41) is 3.54. The van der Waals surface area contributed by atoms with E-state index in [0.717, 1.165) is 33.9 Å². The third-order valence-electron chi connectivity index (χ3n) is 6.53. The van der Waals surface area contributed by atoms with Crippen molar-refractivity contribution >= 4 is 23.1 Å². The van der Waals surface area contributed by atoms with Crippen LogP contribution in [-0.2, 0) is 9.59 Å². The summed E-state index contributed by atoms with van der Waals surface area (Å²) >= 11 is 0. The van der Waals surface area contributed by atoms with E-state index < -0.39 is 6.04 Å². The first-order chi connectivity index (χ1) is 16.1. The monoisotopic (exact) mass is 438 g/mol. The molecule has 1 aliphatic heterocycles. The standard InChI is InChI=1S/C28H26N2O3/c1-18(31)30-25-11-7-6-10-23(25)29-24-16-21(19-12-14-22(33-2)15-13-19)17-26(32)27(24)28(30)20-8-4-3-5-9-20/h3-15,21,28-29H,16-17H2,1-2H3. The zero-order valence-corrected chi connectivity index (χ0v) is 18.7. The summed E-state index contributed by atoms with van der Waals surface area (Å²) in [6, 6.07) is 25.0. The molecule has 0 saturated carbocycles. The molecule has 166 valence electrons. The minimum atomic E-state index is -0.473. The van der Waals surface area contributed by atoms with Crippen LogP contribution in [0.25, 0.3) is 0 Å². The number of nitrogens with one attached hydrogen (secondary N) is 1. The third kappa shape index (κ3) is 3.80. The van der Waals surface area contributed by atoms with Crippen molar-refractivity contribution in [1.82, 2.24) is 0 Å². The number of hydrogen-bond donors (Lipinski definition) is 1. The molecule has 2 atom stereocenters. The minimum absolute atomic E-state index is 0.0575. The maximum absolute atomic E-state index is 13.7. The van der Waals surface area contributed by atoms with Gasteiger partial charge in [-0.15, -0.1) is 0 Å². The Bertz CT molecular complexity index is 1230. The van der Waals surface area contributed by atoms with E-state index >= 15 is 0 Å². The fourth-order valence-electron chi connectivity index (χ4n) is 5.00. The quantitative estimate of drug-likeness (QED) is 0.577. The van der Waals surface area contributed by atoms with Crippen LogP contribution in [0.1, 0.15) is 42.9 Å².